The Bertz CT molecular complexity index is 215. The van der Waals surface area contributed by atoms with Gasteiger partial charge in [-0.3, -0.25) is 0 Å². The Labute approximate surface area is 73.8 Å². The van der Waals surface area contributed by atoms with Crippen molar-refractivity contribution in [3.05, 3.63) is 16.5 Å². The van der Waals surface area contributed by atoms with E-state index in [0.29, 0.717) is 0 Å². The standard InChI is InChI=1S/C7H10S3/c1-5-4-9-7(6(5)2)10-8-3/h4H,1-3H3. The molecule has 0 amide bonds. The molecule has 3 heteroatoms. The summed E-state index contributed by atoms with van der Waals surface area (Å²) >= 11 is 1.84. The zero-order valence-electron chi connectivity index (χ0n) is 6.30. The summed E-state index contributed by atoms with van der Waals surface area (Å²) in [5, 5.41) is 2.22. The molecule has 0 radical (unpaired) electrons. The van der Waals surface area contributed by atoms with Crippen LogP contribution in [-0.4, -0.2) is 6.26 Å². The third-order valence-corrected chi connectivity index (χ3v) is 4.87. The van der Waals surface area contributed by atoms with Gasteiger partial charge in [-0.25, -0.2) is 0 Å². The predicted octanol–water partition coefficient (Wildman–Crippen LogP) is 3.74. The second kappa shape index (κ2) is 3.69. The molecule has 1 heterocycles. The van der Waals surface area contributed by atoms with Crippen molar-refractivity contribution in [3.63, 3.8) is 0 Å². The van der Waals surface area contributed by atoms with E-state index in [2.05, 4.69) is 25.5 Å². The molecule has 0 atom stereocenters. The van der Waals surface area contributed by atoms with E-state index in [1.807, 2.05) is 32.9 Å². The van der Waals surface area contributed by atoms with Crippen LogP contribution in [0.15, 0.2) is 9.59 Å². The van der Waals surface area contributed by atoms with Crippen molar-refractivity contribution in [1.29, 1.82) is 0 Å². The summed E-state index contributed by atoms with van der Waals surface area (Å²) in [5.74, 6) is 0. The average Bonchev–Trinajstić information content (AvgIpc) is 2.20. The van der Waals surface area contributed by atoms with Crippen molar-refractivity contribution >= 4 is 32.9 Å². The minimum atomic E-state index is 1.42. The topological polar surface area (TPSA) is 0 Å². The van der Waals surface area contributed by atoms with E-state index in [9.17, 15) is 0 Å². The lowest BCUT2D eigenvalue weighted by Crippen LogP contribution is -1.69. The summed E-state index contributed by atoms with van der Waals surface area (Å²) < 4.78 is 1.45. The largest absolute Gasteiger partial charge is 0.136 e. The highest BCUT2D eigenvalue weighted by Crippen LogP contribution is 2.37. The van der Waals surface area contributed by atoms with Crippen LogP contribution in [0.1, 0.15) is 11.1 Å². The van der Waals surface area contributed by atoms with Crippen LogP contribution in [0.3, 0.4) is 0 Å². The van der Waals surface area contributed by atoms with Crippen molar-refractivity contribution in [2.45, 2.75) is 18.1 Å². The Hall–Kier alpha value is 0.400. The van der Waals surface area contributed by atoms with Gasteiger partial charge in [-0.1, -0.05) is 10.8 Å². The van der Waals surface area contributed by atoms with Gasteiger partial charge in [0.05, 0.1) is 4.21 Å². The molecule has 0 saturated carbocycles. The number of aryl methyl sites for hydroxylation is 1. The molecule has 0 N–H and O–H groups in total. The molecule has 56 valence electrons. The maximum atomic E-state index is 2.22. The Morgan fingerprint density at radius 2 is 2.10 bits per heavy atom. The lowest BCUT2D eigenvalue weighted by Gasteiger charge is -1.93. The molecule has 0 aliphatic carbocycles. The molecule has 0 unspecified atom stereocenters. The first-order valence-electron chi connectivity index (χ1n) is 3.01. The summed E-state index contributed by atoms with van der Waals surface area (Å²) in [6, 6.07) is 0. The van der Waals surface area contributed by atoms with Gasteiger partial charge < -0.3 is 0 Å². The maximum absolute atomic E-state index is 2.22. The van der Waals surface area contributed by atoms with Crippen molar-refractivity contribution in [2.75, 3.05) is 6.26 Å². The highest BCUT2D eigenvalue weighted by atomic mass is 33.1. The highest BCUT2D eigenvalue weighted by molar-refractivity contribution is 8.76. The van der Waals surface area contributed by atoms with Crippen LogP contribution in [0.5, 0.6) is 0 Å². The molecule has 0 nitrogen and oxygen atoms in total. The van der Waals surface area contributed by atoms with Gasteiger partial charge in [-0.05, 0) is 47.4 Å². The fraction of sp³-hybridized carbons (Fsp3) is 0.429. The number of thiophene rings is 1. The molecule has 0 aromatic carbocycles. The lowest BCUT2D eigenvalue weighted by atomic mass is 10.2. The van der Waals surface area contributed by atoms with Gasteiger partial charge in [0, 0.05) is 0 Å². The zero-order valence-corrected chi connectivity index (χ0v) is 8.75. The Balaban J connectivity index is 2.83. The first kappa shape index (κ1) is 8.50. The number of rotatable bonds is 2. The summed E-state index contributed by atoms with van der Waals surface area (Å²) in [6.45, 7) is 4.35. The summed E-state index contributed by atoms with van der Waals surface area (Å²) in [5.41, 5.74) is 2.87. The Morgan fingerprint density at radius 1 is 1.40 bits per heavy atom. The number of hydrogen-bond donors (Lipinski definition) is 0. The van der Waals surface area contributed by atoms with Crippen molar-refractivity contribution in [1.82, 2.24) is 0 Å². The molecule has 10 heavy (non-hydrogen) atoms. The van der Waals surface area contributed by atoms with E-state index in [4.69, 9.17) is 0 Å². The van der Waals surface area contributed by atoms with Crippen LogP contribution in [0.25, 0.3) is 0 Å². The van der Waals surface area contributed by atoms with Crippen LogP contribution in [0, 0.1) is 13.8 Å². The predicted molar refractivity (Wildman–Crippen MR) is 53.2 cm³/mol. The molecule has 0 bridgehead atoms. The third kappa shape index (κ3) is 1.71. The summed E-state index contributed by atoms with van der Waals surface area (Å²) in [7, 11) is 3.67. The first-order chi connectivity index (χ1) is 4.75. The fourth-order valence-electron chi connectivity index (χ4n) is 0.638. The first-order valence-corrected chi connectivity index (χ1v) is 6.45. The van der Waals surface area contributed by atoms with Gasteiger partial charge in [-0.2, -0.15) is 0 Å². The monoisotopic (exact) mass is 190 g/mol. The molecule has 0 aliphatic rings. The minimum Gasteiger partial charge on any atom is -0.136 e. The molecular weight excluding hydrogens is 180 g/mol. The molecule has 0 fully saturated rings. The van der Waals surface area contributed by atoms with E-state index >= 15 is 0 Å². The van der Waals surface area contributed by atoms with Gasteiger partial charge in [0.1, 0.15) is 0 Å². The van der Waals surface area contributed by atoms with E-state index in [1.54, 1.807) is 0 Å². The SMILES string of the molecule is CSSc1scc(C)c1C. The van der Waals surface area contributed by atoms with Crippen molar-refractivity contribution in [2.24, 2.45) is 0 Å². The maximum Gasteiger partial charge on any atom is 0.0737 e. The molecule has 1 aromatic rings. The van der Waals surface area contributed by atoms with Crippen LogP contribution >= 0.6 is 32.9 Å². The van der Waals surface area contributed by atoms with Crippen molar-refractivity contribution < 1.29 is 0 Å². The highest BCUT2D eigenvalue weighted by Gasteiger charge is 2.02. The van der Waals surface area contributed by atoms with Gasteiger partial charge >= 0.3 is 0 Å². The van der Waals surface area contributed by atoms with Crippen LogP contribution < -0.4 is 0 Å². The second-order valence-corrected chi connectivity index (χ2v) is 5.63. The smallest absolute Gasteiger partial charge is 0.0737 e. The molecule has 1 rings (SSSR count). The quantitative estimate of drug-likeness (QED) is 0.652. The lowest BCUT2D eigenvalue weighted by molar-refractivity contribution is 1.34. The molecule has 0 aliphatic heterocycles. The van der Waals surface area contributed by atoms with Crippen LogP contribution in [0.2, 0.25) is 0 Å². The van der Waals surface area contributed by atoms with Gasteiger partial charge in [0.2, 0.25) is 0 Å². The van der Waals surface area contributed by atoms with Gasteiger partial charge in [-0.15, -0.1) is 11.3 Å². The van der Waals surface area contributed by atoms with Gasteiger partial charge in [0.25, 0.3) is 0 Å². The molecule has 1 aromatic heterocycles. The zero-order chi connectivity index (χ0) is 7.56. The minimum absolute atomic E-state index is 1.42. The van der Waals surface area contributed by atoms with E-state index < -0.39 is 0 Å². The van der Waals surface area contributed by atoms with Crippen LogP contribution in [-0.2, 0) is 0 Å². The van der Waals surface area contributed by atoms with Crippen molar-refractivity contribution in [3.8, 4) is 0 Å². The molecular formula is C7H10S3. The molecule has 0 saturated heterocycles. The Kier molecular flexibility index (Phi) is 3.14. The second-order valence-electron chi connectivity index (χ2n) is 2.08. The van der Waals surface area contributed by atoms with Gasteiger partial charge in [0.15, 0.2) is 0 Å². The number of hydrogen-bond acceptors (Lipinski definition) is 3. The molecule has 0 spiro atoms. The third-order valence-electron chi connectivity index (χ3n) is 1.40. The fourth-order valence-corrected chi connectivity index (χ4v) is 3.97. The Morgan fingerprint density at radius 3 is 2.50 bits per heavy atom. The normalized spacial score (nSPS) is 10.3. The average molecular weight is 190 g/mol. The van der Waals surface area contributed by atoms with E-state index in [1.165, 1.54) is 15.3 Å². The van der Waals surface area contributed by atoms with E-state index in [0.717, 1.165) is 0 Å². The van der Waals surface area contributed by atoms with E-state index in [-0.39, 0.29) is 0 Å². The summed E-state index contributed by atoms with van der Waals surface area (Å²) in [4.78, 5) is 0. The summed E-state index contributed by atoms with van der Waals surface area (Å²) in [6.07, 6.45) is 2.11. The van der Waals surface area contributed by atoms with Crippen LogP contribution in [0.4, 0.5) is 0 Å².